The van der Waals surface area contributed by atoms with E-state index >= 15 is 0 Å². The number of rotatable bonds is 3. The zero-order valence-corrected chi connectivity index (χ0v) is 10.3. The molecule has 2 N–H and O–H groups in total. The first-order valence-electron chi connectivity index (χ1n) is 5.22. The molecule has 5 nitrogen and oxygen atoms in total. The van der Waals surface area contributed by atoms with E-state index in [4.69, 9.17) is 21.8 Å². The molecule has 0 radical (unpaired) electrons. The van der Waals surface area contributed by atoms with Gasteiger partial charge in [-0.1, -0.05) is 17.7 Å². The number of aliphatic hydroxyl groups is 1. The summed E-state index contributed by atoms with van der Waals surface area (Å²) in [4.78, 5) is 11.0. The first kappa shape index (κ1) is 12.6. The number of aromatic carboxylic acids is 1. The van der Waals surface area contributed by atoms with Crippen LogP contribution < -0.4 is 0 Å². The molecule has 94 valence electrons. The summed E-state index contributed by atoms with van der Waals surface area (Å²) in [6.45, 7) is 1.44. The quantitative estimate of drug-likeness (QED) is 0.891. The lowest BCUT2D eigenvalue weighted by Crippen LogP contribution is -2.03. The Hall–Kier alpha value is -1.85. The second-order valence-electron chi connectivity index (χ2n) is 3.79. The van der Waals surface area contributed by atoms with Gasteiger partial charge < -0.3 is 10.2 Å². The van der Waals surface area contributed by atoms with Gasteiger partial charge in [0.2, 0.25) is 0 Å². The first-order chi connectivity index (χ1) is 8.54. The summed E-state index contributed by atoms with van der Waals surface area (Å²) in [5.41, 5.74) is 1.59. The van der Waals surface area contributed by atoms with Crippen molar-refractivity contribution in [2.45, 2.75) is 13.5 Å². The molecule has 2 rings (SSSR count). The number of carboxylic acids is 1. The van der Waals surface area contributed by atoms with Gasteiger partial charge in [0, 0.05) is 16.8 Å². The van der Waals surface area contributed by atoms with E-state index in [1.165, 1.54) is 10.9 Å². The molecule has 0 saturated carbocycles. The Morgan fingerprint density at radius 2 is 2.22 bits per heavy atom. The van der Waals surface area contributed by atoms with Crippen molar-refractivity contribution in [2.24, 2.45) is 0 Å². The third-order valence-corrected chi connectivity index (χ3v) is 3.06. The molecule has 1 aromatic heterocycles. The molecule has 0 aliphatic heterocycles. The van der Waals surface area contributed by atoms with Crippen molar-refractivity contribution >= 4 is 17.6 Å². The minimum atomic E-state index is -1.17. The topological polar surface area (TPSA) is 75.4 Å². The fourth-order valence-corrected chi connectivity index (χ4v) is 1.84. The maximum atomic E-state index is 11.0. The SMILES string of the molecule is Cc1c(Cl)cccc1-n1cc(CO)c(C(=O)O)n1. The Kier molecular flexibility index (Phi) is 3.36. The van der Waals surface area contributed by atoms with Crippen LogP contribution in [-0.4, -0.2) is 26.0 Å². The number of hydrogen-bond acceptors (Lipinski definition) is 3. The minimum Gasteiger partial charge on any atom is -0.476 e. The maximum Gasteiger partial charge on any atom is 0.356 e. The van der Waals surface area contributed by atoms with Crippen molar-refractivity contribution in [2.75, 3.05) is 0 Å². The van der Waals surface area contributed by atoms with Crippen LogP contribution in [0.15, 0.2) is 24.4 Å². The molecule has 0 aliphatic carbocycles. The molecule has 0 saturated heterocycles. The number of nitrogens with zero attached hydrogens (tertiary/aromatic N) is 2. The van der Waals surface area contributed by atoms with Crippen molar-refractivity contribution in [1.29, 1.82) is 0 Å². The minimum absolute atomic E-state index is 0.156. The smallest absolute Gasteiger partial charge is 0.356 e. The molecule has 0 aliphatic rings. The summed E-state index contributed by atoms with van der Waals surface area (Å²) >= 11 is 6.00. The Bertz CT molecular complexity index is 607. The van der Waals surface area contributed by atoms with Crippen molar-refractivity contribution < 1.29 is 15.0 Å². The van der Waals surface area contributed by atoms with E-state index < -0.39 is 5.97 Å². The van der Waals surface area contributed by atoms with Crippen LogP contribution in [0.25, 0.3) is 5.69 Å². The summed E-state index contributed by atoms with van der Waals surface area (Å²) < 4.78 is 1.41. The number of carboxylic acid groups (broad SMARTS) is 1. The zero-order chi connectivity index (χ0) is 13.3. The number of aromatic nitrogens is 2. The van der Waals surface area contributed by atoms with E-state index in [0.29, 0.717) is 10.7 Å². The van der Waals surface area contributed by atoms with Gasteiger partial charge in [-0.2, -0.15) is 5.10 Å². The lowest BCUT2D eigenvalue weighted by Gasteiger charge is -2.06. The first-order valence-corrected chi connectivity index (χ1v) is 5.60. The van der Waals surface area contributed by atoms with Crippen LogP contribution >= 0.6 is 11.6 Å². The van der Waals surface area contributed by atoms with Crippen LogP contribution in [0.2, 0.25) is 5.02 Å². The van der Waals surface area contributed by atoms with E-state index in [-0.39, 0.29) is 17.9 Å². The normalized spacial score (nSPS) is 10.6. The fourth-order valence-electron chi connectivity index (χ4n) is 1.67. The van der Waals surface area contributed by atoms with Gasteiger partial charge in [0.1, 0.15) is 0 Å². The second kappa shape index (κ2) is 4.80. The highest BCUT2D eigenvalue weighted by molar-refractivity contribution is 6.31. The highest BCUT2D eigenvalue weighted by atomic mass is 35.5. The number of aliphatic hydroxyl groups excluding tert-OH is 1. The van der Waals surface area contributed by atoms with Crippen LogP contribution in [0.1, 0.15) is 21.6 Å². The molecule has 0 spiro atoms. The van der Waals surface area contributed by atoms with Crippen molar-refractivity contribution in [3.63, 3.8) is 0 Å². The van der Waals surface area contributed by atoms with E-state index in [9.17, 15) is 4.79 Å². The average Bonchev–Trinajstić information content (AvgIpc) is 2.76. The van der Waals surface area contributed by atoms with Crippen molar-refractivity contribution in [3.05, 3.63) is 46.2 Å². The molecule has 0 bridgehead atoms. The molecule has 6 heteroatoms. The Labute approximate surface area is 108 Å². The van der Waals surface area contributed by atoms with Crippen LogP contribution in [0.5, 0.6) is 0 Å². The van der Waals surface area contributed by atoms with Gasteiger partial charge in [0.15, 0.2) is 5.69 Å². The largest absolute Gasteiger partial charge is 0.476 e. The number of benzene rings is 1. The van der Waals surface area contributed by atoms with Gasteiger partial charge in [-0.05, 0) is 24.6 Å². The molecule has 0 fully saturated rings. The van der Waals surface area contributed by atoms with Gasteiger partial charge >= 0.3 is 5.97 Å². The van der Waals surface area contributed by atoms with Crippen LogP contribution in [0.3, 0.4) is 0 Å². The predicted molar refractivity (Wildman–Crippen MR) is 66.2 cm³/mol. The van der Waals surface area contributed by atoms with Crippen LogP contribution in [0, 0.1) is 6.92 Å². The lowest BCUT2D eigenvalue weighted by atomic mass is 10.2. The van der Waals surface area contributed by atoms with E-state index in [0.717, 1.165) is 5.56 Å². The highest BCUT2D eigenvalue weighted by Crippen LogP contribution is 2.22. The van der Waals surface area contributed by atoms with E-state index in [1.54, 1.807) is 18.2 Å². The lowest BCUT2D eigenvalue weighted by molar-refractivity contribution is 0.0686. The third-order valence-electron chi connectivity index (χ3n) is 2.65. The summed E-state index contributed by atoms with van der Waals surface area (Å²) in [6.07, 6.45) is 1.49. The maximum absolute atomic E-state index is 11.0. The summed E-state index contributed by atoms with van der Waals surface area (Å²) in [5.74, 6) is -1.17. The zero-order valence-electron chi connectivity index (χ0n) is 9.59. The van der Waals surface area contributed by atoms with Gasteiger partial charge in [-0.25, -0.2) is 9.48 Å². The molecule has 0 atom stereocenters. The number of hydrogen-bond donors (Lipinski definition) is 2. The van der Waals surface area contributed by atoms with Crippen LogP contribution in [-0.2, 0) is 6.61 Å². The highest BCUT2D eigenvalue weighted by Gasteiger charge is 2.16. The van der Waals surface area contributed by atoms with Crippen LogP contribution in [0.4, 0.5) is 0 Å². The van der Waals surface area contributed by atoms with Crippen molar-refractivity contribution in [3.8, 4) is 5.69 Å². The molecular weight excluding hydrogens is 256 g/mol. The number of halogens is 1. The monoisotopic (exact) mass is 266 g/mol. The summed E-state index contributed by atoms with van der Waals surface area (Å²) in [6, 6.07) is 5.28. The summed E-state index contributed by atoms with van der Waals surface area (Å²) in [7, 11) is 0. The molecule has 0 unspecified atom stereocenters. The Morgan fingerprint density at radius 1 is 1.50 bits per heavy atom. The van der Waals surface area contributed by atoms with Crippen molar-refractivity contribution in [1.82, 2.24) is 9.78 Å². The standard InChI is InChI=1S/C12H11ClN2O3/c1-7-9(13)3-2-4-10(7)15-5-8(6-16)11(14-15)12(17)18/h2-5,16H,6H2,1H3,(H,17,18). The molecule has 1 aromatic carbocycles. The predicted octanol–water partition coefficient (Wildman–Crippen LogP) is 2.02. The summed E-state index contributed by atoms with van der Waals surface area (Å²) in [5, 5.41) is 22.6. The van der Waals surface area contributed by atoms with Gasteiger partial charge in [-0.15, -0.1) is 0 Å². The third kappa shape index (κ3) is 2.10. The van der Waals surface area contributed by atoms with Gasteiger partial charge in [0.25, 0.3) is 0 Å². The number of carbonyl (C=O) groups is 1. The molecule has 0 amide bonds. The van der Waals surface area contributed by atoms with E-state index in [2.05, 4.69) is 5.10 Å². The van der Waals surface area contributed by atoms with E-state index in [1.807, 2.05) is 6.92 Å². The average molecular weight is 267 g/mol. The Morgan fingerprint density at radius 3 is 2.78 bits per heavy atom. The molecule has 18 heavy (non-hydrogen) atoms. The Balaban J connectivity index is 2.58. The molecule has 1 heterocycles. The molecular formula is C12H11ClN2O3. The van der Waals surface area contributed by atoms with Gasteiger partial charge in [-0.3, -0.25) is 0 Å². The second-order valence-corrected chi connectivity index (χ2v) is 4.20. The molecule has 2 aromatic rings. The van der Waals surface area contributed by atoms with Gasteiger partial charge in [0.05, 0.1) is 12.3 Å². The fraction of sp³-hybridized carbons (Fsp3) is 0.167.